The number of imidazole rings is 1. The molecule has 0 aliphatic rings. The minimum atomic E-state index is -0.841. The van der Waals surface area contributed by atoms with Gasteiger partial charge in [-0.05, 0) is 12.1 Å². The van der Waals surface area contributed by atoms with Gasteiger partial charge < -0.3 is 4.98 Å². The predicted octanol–water partition coefficient (Wildman–Crippen LogP) is 4.71. The van der Waals surface area contributed by atoms with Gasteiger partial charge in [-0.2, -0.15) is 0 Å². The molecule has 0 spiro atoms. The molecule has 1 heterocycles. The topological polar surface area (TPSA) is 106 Å². The van der Waals surface area contributed by atoms with Gasteiger partial charge in [-0.25, -0.2) is 4.98 Å². The molecular weight excluding hydrogens is 382 g/mol. The van der Waals surface area contributed by atoms with Gasteiger partial charge in [-0.15, -0.1) is 0 Å². The number of fused-ring (bicyclic) bond motifs is 1. The highest BCUT2D eigenvalue weighted by atomic mass is 16.6. The molecule has 0 saturated carbocycles. The molecule has 7 nitrogen and oxygen atoms in total. The number of carbonyl (C=O) groups is 2. The first-order chi connectivity index (χ1) is 14.5. The van der Waals surface area contributed by atoms with Crippen molar-refractivity contribution >= 4 is 28.3 Å². The molecule has 0 fully saturated rings. The summed E-state index contributed by atoms with van der Waals surface area (Å²) >= 11 is 0. The second-order valence-electron chi connectivity index (χ2n) is 6.86. The van der Waals surface area contributed by atoms with Gasteiger partial charge in [0, 0.05) is 29.7 Å². The third-order valence-corrected chi connectivity index (χ3v) is 4.88. The number of rotatable bonds is 7. The lowest BCUT2D eigenvalue weighted by Gasteiger charge is -2.13. The molecule has 0 amide bonds. The Labute approximate surface area is 171 Å². The van der Waals surface area contributed by atoms with Crippen molar-refractivity contribution < 1.29 is 14.5 Å². The van der Waals surface area contributed by atoms with Crippen molar-refractivity contribution in [1.29, 1.82) is 0 Å². The number of H-pyrrole nitrogens is 1. The number of nitrogens with one attached hydrogen (secondary N) is 1. The number of nitrogens with zero attached hydrogens (tertiary/aromatic N) is 2. The van der Waals surface area contributed by atoms with E-state index in [9.17, 15) is 19.7 Å². The SMILES string of the molecule is O=C(CC(C(=O)c1ccccc1)c1nc2ccccc2[nH]1)c1cccc([N+](=O)[O-])c1. The largest absolute Gasteiger partial charge is 0.341 e. The van der Waals surface area contributed by atoms with Gasteiger partial charge in [-0.1, -0.05) is 54.6 Å². The minimum absolute atomic E-state index is 0.158. The third-order valence-electron chi connectivity index (χ3n) is 4.88. The van der Waals surface area contributed by atoms with E-state index < -0.39 is 10.8 Å². The third kappa shape index (κ3) is 3.86. The van der Waals surface area contributed by atoms with Gasteiger partial charge in [-0.3, -0.25) is 19.7 Å². The summed E-state index contributed by atoms with van der Waals surface area (Å²) in [4.78, 5) is 44.3. The molecule has 30 heavy (non-hydrogen) atoms. The van der Waals surface area contributed by atoms with Crippen LogP contribution in [-0.4, -0.2) is 26.5 Å². The van der Waals surface area contributed by atoms with Crippen LogP contribution in [0, 0.1) is 10.1 Å². The lowest BCUT2D eigenvalue weighted by Crippen LogP contribution is -2.18. The summed E-state index contributed by atoms with van der Waals surface area (Å²) in [6, 6.07) is 21.6. The highest BCUT2D eigenvalue weighted by molar-refractivity contribution is 6.06. The van der Waals surface area contributed by atoms with Gasteiger partial charge in [0.05, 0.1) is 21.9 Å². The first-order valence-corrected chi connectivity index (χ1v) is 9.34. The summed E-state index contributed by atoms with van der Waals surface area (Å²) in [5.74, 6) is -1.06. The smallest absolute Gasteiger partial charge is 0.270 e. The number of hydrogen-bond donors (Lipinski definition) is 1. The summed E-state index contributed by atoms with van der Waals surface area (Å²) in [6.45, 7) is 0. The lowest BCUT2D eigenvalue weighted by molar-refractivity contribution is -0.384. The van der Waals surface area contributed by atoms with Crippen LogP contribution in [-0.2, 0) is 0 Å². The fourth-order valence-corrected chi connectivity index (χ4v) is 3.35. The van der Waals surface area contributed by atoms with Crippen molar-refractivity contribution in [2.75, 3.05) is 0 Å². The average Bonchev–Trinajstić information content (AvgIpc) is 3.21. The number of Topliss-reactive ketones (excluding diaryl/α,β-unsaturated/α-hetero) is 2. The molecule has 3 aromatic carbocycles. The van der Waals surface area contributed by atoms with E-state index in [0.29, 0.717) is 16.9 Å². The zero-order valence-corrected chi connectivity index (χ0v) is 15.8. The van der Waals surface area contributed by atoms with E-state index in [0.717, 1.165) is 5.52 Å². The van der Waals surface area contributed by atoms with Crippen LogP contribution in [0.5, 0.6) is 0 Å². The molecule has 0 bridgehead atoms. The zero-order chi connectivity index (χ0) is 21.1. The molecule has 0 aliphatic carbocycles. The first kappa shape index (κ1) is 19.2. The molecule has 1 N–H and O–H groups in total. The van der Waals surface area contributed by atoms with Gasteiger partial charge in [0.25, 0.3) is 5.69 Å². The molecule has 7 heteroatoms. The van der Waals surface area contributed by atoms with Crippen LogP contribution in [0.2, 0.25) is 0 Å². The monoisotopic (exact) mass is 399 g/mol. The van der Waals surface area contributed by atoms with Gasteiger partial charge in [0.2, 0.25) is 0 Å². The summed E-state index contributed by atoms with van der Waals surface area (Å²) in [5.41, 5.74) is 1.94. The standard InChI is InChI=1S/C23H17N3O4/c27-21(16-9-6-10-17(13-16)26(29)30)14-18(22(28)15-7-2-1-3-8-15)23-24-19-11-4-5-12-20(19)25-23/h1-13,18H,14H2,(H,24,25). The first-order valence-electron chi connectivity index (χ1n) is 9.34. The normalized spacial score (nSPS) is 11.9. The number of carbonyl (C=O) groups excluding carboxylic acids is 2. The van der Waals surface area contributed by atoms with Crippen LogP contribution in [0.3, 0.4) is 0 Å². The van der Waals surface area contributed by atoms with E-state index in [-0.39, 0.29) is 29.2 Å². The molecular formula is C23H17N3O4. The van der Waals surface area contributed by atoms with E-state index in [1.54, 1.807) is 30.3 Å². The maximum absolute atomic E-state index is 13.2. The molecule has 148 valence electrons. The number of para-hydroxylation sites is 2. The lowest BCUT2D eigenvalue weighted by atomic mass is 9.90. The summed E-state index contributed by atoms with van der Waals surface area (Å²) in [7, 11) is 0. The Morgan fingerprint density at radius 2 is 1.63 bits per heavy atom. The zero-order valence-electron chi connectivity index (χ0n) is 15.8. The fourth-order valence-electron chi connectivity index (χ4n) is 3.35. The van der Waals surface area contributed by atoms with E-state index >= 15 is 0 Å². The van der Waals surface area contributed by atoms with Crippen LogP contribution >= 0.6 is 0 Å². The Hall–Kier alpha value is -4.13. The van der Waals surface area contributed by atoms with E-state index in [4.69, 9.17) is 0 Å². The number of non-ortho nitro benzene ring substituents is 1. The number of nitro groups is 1. The Bertz CT molecular complexity index is 1210. The second kappa shape index (κ2) is 8.08. The Morgan fingerprint density at radius 1 is 0.933 bits per heavy atom. The Balaban J connectivity index is 1.71. The average molecular weight is 399 g/mol. The molecule has 1 unspecified atom stereocenters. The van der Waals surface area contributed by atoms with Crippen LogP contribution in [0.15, 0.2) is 78.9 Å². The highest BCUT2D eigenvalue weighted by Crippen LogP contribution is 2.27. The molecule has 4 aromatic rings. The summed E-state index contributed by atoms with van der Waals surface area (Å²) < 4.78 is 0. The van der Waals surface area contributed by atoms with Crippen molar-refractivity contribution in [2.45, 2.75) is 12.3 Å². The Morgan fingerprint density at radius 3 is 2.37 bits per heavy atom. The van der Waals surface area contributed by atoms with Gasteiger partial charge in [0.1, 0.15) is 5.82 Å². The molecule has 1 aromatic heterocycles. The number of ketones is 2. The molecule has 0 aliphatic heterocycles. The van der Waals surface area contributed by atoms with Crippen LogP contribution in [0.4, 0.5) is 5.69 Å². The number of aromatic amines is 1. The van der Waals surface area contributed by atoms with Crippen LogP contribution in [0.1, 0.15) is 38.9 Å². The number of nitro benzene ring substituents is 1. The maximum Gasteiger partial charge on any atom is 0.270 e. The summed E-state index contributed by atoms with van der Waals surface area (Å²) in [6.07, 6.45) is -0.158. The Kier molecular flexibility index (Phi) is 5.17. The van der Waals surface area contributed by atoms with Gasteiger partial charge in [0.15, 0.2) is 11.6 Å². The molecule has 0 saturated heterocycles. The quantitative estimate of drug-likeness (QED) is 0.275. The van der Waals surface area contributed by atoms with Crippen molar-refractivity contribution in [3.63, 3.8) is 0 Å². The van der Waals surface area contributed by atoms with E-state index in [2.05, 4.69) is 9.97 Å². The van der Waals surface area contributed by atoms with Crippen molar-refractivity contribution in [1.82, 2.24) is 9.97 Å². The second-order valence-corrected chi connectivity index (χ2v) is 6.86. The predicted molar refractivity (Wildman–Crippen MR) is 112 cm³/mol. The molecule has 1 atom stereocenters. The number of hydrogen-bond acceptors (Lipinski definition) is 5. The fraction of sp³-hybridized carbons (Fsp3) is 0.0870. The van der Waals surface area contributed by atoms with E-state index in [1.165, 1.54) is 24.3 Å². The minimum Gasteiger partial charge on any atom is -0.341 e. The van der Waals surface area contributed by atoms with Crippen LogP contribution in [0.25, 0.3) is 11.0 Å². The van der Waals surface area contributed by atoms with Crippen molar-refractivity contribution in [2.24, 2.45) is 0 Å². The van der Waals surface area contributed by atoms with E-state index in [1.807, 2.05) is 24.3 Å². The van der Waals surface area contributed by atoms with Gasteiger partial charge >= 0.3 is 0 Å². The van der Waals surface area contributed by atoms with Crippen molar-refractivity contribution in [3.8, 4) is 0 Å². The highest BCUT2D eigenvalue weighted by Gasteiger charge is 2.28. The number of benzene rings is 3. The molecule has 4 rings (SSSR count). The number of aromatic nitrogens is 2. The summed E-state index contributed by atoms with van der Waals surface area (Å²) in [5, 5.41) is 11.0. The van der Waals surface area contributed by atoms with Crippen molar-refractivity contribution in [3.05, 3.63) is 106 Å². The maximum atomic E-state index is 13.2. The molecule has 0 radical (unpaired) electrons. The van der Waals surface area contributed by atoms with Crippen LogP contribution < -0.4 is 0 Å².